The Kier molecular flexibility index (Phi) is 6.22. The summed E-state index contributed by atoms with van der Waals surface area (Å²) in [6.45, 7) is 4.08. The minimum absolute atomic E-state index is 0.0593. The van der Waals surface area contributed by atoms with Gasteiger partial charge in [0.1, 0.15) is 0 Å². The van der Waals surface area contributed by atoms with E-state index in [0.29, 0.717) is 18.1 Å². The smallest absolute Gasteiger partial charge is 0.227 e. The molecule has 1 amide bonds. The van der Waals surface area contributed by atoms with Crippen LogP contribution in [0.25, 0.3) is 22.5 Å². The molecule has 5 heteroatoms. The van der Waals surface area contributed by atoms with Crippen LogP contribution < -0.4 is 5.32 Å². The minimum atomic E-state index is -0.0593. The first-order chi connectivity index (χ1) is 15.1. The molecule has 1 aromatic heterocycles. The summed E-state index contributed by atoms with van der Waals surface area (Å²) in [6, 6.07) is 24.3. The van der Waals surface area contributed by atoms with Crippen LogP contribution in [0.3, 0.4) is 0 Å². The number of nitrogens with one attached hydrogen (secondary N) is 1. The lowest BCUT2D eigenvalue weighted by Crippen LogP contribution is -2.14. The Hall–Kier alpha value is -3.73. The molecule has 0 atom stereocenters. The number of aromatic nitrogens is 2. The Balaban J connectivity index is 1.38. The van der Waals surface area contributed by atoms with E-state index in [1.54, 1.807) is 0 Å². The molecule has 0 aliphatic heterocycles. The average molecular weight is 412 g/mol. The van der Waals surface area contributed by atoms with Crippen LogP contribution in [0.5, 0.6) is 0 Å². The number of rotatable bonds is 7. The van der Waals surface area contributed by atoms with Crippen LogP contribution in [0.2, 0.25) is 0 Å². The molecule has 0 bridgehead atoms. The number of aryl methyl sites for hydroxylation is 3. The molecule has 0 saturated carbocycles. The van der Waals surface area contributed by atoms with E-state index in [-0.39, 0.29) is 12.3 Å². The van der Waals surface area contributed by atoms with Crippen LogP contribution in [0.4, 0.5) is 5.69 Å². The Morgan fingerprint density at radius 2 is 1.61 bits per heavy atom. The molecular weight excluding hydrogens is 386 g/mol. The zero-order chi connectivity index (χ0) is 21.6. The summed E-state index contributed by atoms with van der Waals surface area (Å²) >= 11 is 0. The van der Waals surface area contributed by atoms with E-state index in [4.69, 9.17) is 4.52 Å². The third kappa shape index (κ3) is 4.89. The fourth-order valence-corrected chi connectivity index (χ4v) is 3.54. The summed E-state index contributed by atoms with van der Waals surface area (Å²) in [5, 5.41) is 7.11. The van der Waals surface area contributed by atoms with Gasteiger partial charge in [0.15, 0.2) is 0 Å². The van der Waals surface area contributed by atoms with Crippen LogP contribution in [0.1, 0.15) is 30.4 Å². The summed E-state index contributed by atoms with van der Waals surface area (Å²) in [7, 11) is 0. The van der Waals surface area contributed by atoms with Gasteiger partial charge in [-0.3, -0.25) is 4.79 Å². The monoisotopic (exact) mass is 411 g/mol. The van der Waals surface area contributed by atoms with E-state index in [1.165, 1.54) is 0 Å². The van der Waals surface area contributed by atoms with Crippen molar-refractivity contribution in [3.05, 3.63) is 89.8 Å². The third-order valence-corrected chi connectivity index (χ3v) is 5.29. The van der Waals surface area contributed by atoms with Crippen LogP contribution in [0.15, 0.2) is 77.3 Å². The molecule has 3 aromatic carbocycles. The number of carbonyl (C=O) groups is 1. The van der Waals surface area contributed by atoms with Gasteiger partial charge in [-0.1, -0.05) is 84.9 Å². The maximum absolute atomic E-state index is 12.5. The van der Waals surface area contributed by atoms with Gasteiger partial charge in [-0.05, 0) is 35.6 Å². The molecule has 0 aliphatic rings. The van der Waals surface area contributed by atoms with Crippen molar-refractivity contribution in [2.75, 3.05) is 5.32 Å². The summed E-state index contributed by atoms with van der Waals surface area (Å²) in [5.41, 5.74) is 6.27. The minimum Gasteiger partial charge on any atom is -0.339 e. The SMILES string of the molecule is CCc1cccc(C)c1NC(=O)CCc1nc(-c2ccc(-c3ccccc3)cc2)no1. The second kappa shape index (κ2) is 9.39. The number of anilines is 1. The summed E-state index contributed by atoms with van der Waals surface area (Å²) in [6.07, 6.45) is 1.55. The van der Waals surface area contributed by atoms with Crippen LogP contribution in [-0.4, -0.2) is 16.0 Å². The molecule has 31 heavy (non-hydrogen) atoms. The number of carbonyl (C=O) groups excluding carboxylic acids is 1. The van der Waals surface area contributed by atoms with Crippen molar-refractivity contribution in [2.45, 2.75) is 33.1 Å². The van der Waals surface area contributed by atoms with Crippen molar-refractivity contribution in [3.8, 4) is 22.5 Å². The van der Waals surface area contributed by atoms with Crippen molar-refractivity contribution < 1.29 is 9.32 Å². The van der Waals surface area contributed by atoms with Crippen molar-refractivity contribution in [1.82, 2.24) is 10.1 Å². The van der Waals surface area contributed by atoms with Gasteiger partial charge in [-0.2, -0.15) is 4.98 Å². The van der Waals surface area contributed by atoms with E-state index in [2.05, 4.69) is 34.5 Å². The molecule has 0 spiro atoms. The van der Waals surface area contributed by atoms with Crippen molar-refractivity contribution in [1.29, 1.82) is 0 Å². The predicted molar refractivity (Wildman–Crippen MR) is 123 cm³/mol. The zero-order valence-electron chi connectivity index (χ0n) is 17.8. The maximum atomic E-state index is 12.5. The standard InChI is InChI=1S/C26H25N3O2/c1-3-19-11-7-8-18(2)25(19)27-23(30)16-17-24-28-26(29-31-24)22-14-12-21(13-15-22)20-9-5-4-6-10-20/h4-15H,3,16-17H2,1-2H3,(H,27,30). The van der Waals surface area contributed by atoms with Crippen molar-refractivity contribution >= 4 is 11.6 Å². The lowest BCUT2D eigenvalue weighted by Gasteiger charge is -2.12. The first-order valence-corrected chi connectivity index (χ1v) is 10.5. The van der Waals surface area contributed by atoms with Crippen molar-refractivity contribution in [2.24, 2.45) is 0 Å². The topological polar surface area (TPSA) is 68.0 Å². The fraction of sp³-hybridized carbons (Fsp3) is 0.192. The van der Waals surface area contributed by atoms with Crippen LogP contribution >= 0.6 is 0 Å². The zero-order valence-corrected chi connectivity index (χ0v) is 17.8. The Morgan fingerprint density at radius 1 is 0.903 bits per heavy atom. The van der Waals surface area contributed by atoms with Crippen LogP contribution in [0, 0.1) is 6.92 Å². The number of benzene rings is 3. The van der Waals surface area contributed by atoms with Gasteiger partial charge in [0, 0.05) is 24.1 Å². The maximum Gasteiger partial charge on any atom is 0.227 e. The summed E-state index contributed by atoms with van der Waals surface area (Å²) in [4.78, 5) is 16.9. The normalized spacial score (nSPS) is 10.8. The quantitative estimate of drug-likeness (QED) is 0.414. The number of nitrogens with zero attached hydrogens (tertiary/aromatic N) is 2. The fourth-order valence-electron chi connectivity index (χ4n) is 3.54. The van der Waals surface area contributed by atoms with Gasteiger partial charge < -0.3 is 9.84 Å². The van der Waals surface area contributed by atoms with E-state index >= 15 is 0 Å². The highest BCUT2D eigenvalue weighted by Gasteiger charge is 2.13. The van der Waals surface area contributed by atoms with Gasteiger partial charge in [0.2, 0.25) is 17.6 Å². The lowest BCUT2D eigenvalue weighted by molar-refractivity contribution is -0.116. The highest BCUT2D eigenvalue weighted by molar-refractivity contribution is 5.92. The Morgan fingerprint density at radius 3 is 2.35 bits per heavy atom. The molecule has 5 nitrogen and oxygen atoms in total. The van der Waals surface area contributed by atoms with Crippen LogP contribution in [-0.2, 0) is 17.6 Å². The van der Waals surface area contributed by atoms with Gasteiger partial charge in [-0.15, -0.1) is 0 Å². The van der Waals surface area contributed by atoms with Gasteiger partial charge in [-0.25, -0.2) is 0 Å². The third-order valence-electron chi connectivity index (χ3n) is 5.29. The van der Waals surface area contributed by atoms with E-state index < -0.39 is 0 Å². The van der Waals surface area contributed by atoms with Crippen molar-refractivity contribution in [3.63, 3.8) is 0 Å². The summed E-state index contributed by atoms with van der Waals surface area (Å²) < 4.78 is 5.36. The highest BCUT2D eigenvalue weighted by Crippen LogP contribution is 2.24. The molecule has 0 saturated heterocycles. The molecule has 156 valence electrons. The Bertz CT molecular complexity index is 1160. The highest BCUT2D eigenvalue weighted by atomic mass is 16.5. The average Bonchev–Trinajstić information content (AvgIpc) is 3.29. The molecule has 0 fully saturated rings. The second-order valence-corrected chi connectivity index (χ2v) is 7.47. The lowest BCUT2D eigenvalue weighted by atomic mass is 10.0. The van der Waals surface area contributed by atoms with E-state index in [1.807, 2.05) is 67.6 Å². The predicted octanol–water partition coefficient (Wildman–Crippen LogP) is 5.85. The molecule has 4 aromatic rings. The van der Waals surface area contributed by atoms with Gasteiger partial charge in [0.25, 0.3) is 0 Å². The number of hydrogen-bond donors (Lipinski definition) is 1. The first-order valence-electron chi connectivity index (χ1n) is 10.5. The molecule has 4 rings (SSSR count). The van der Waals surface area contributed by atoms with E-state index in [0.717, 1.165) is 39.9 Å². The molecule has 0 radical (unpaired) electrons. The molecule has 1 N–H and O–H groups in total. The first kappa shape index (κ1) is 20.5. The Labute approximate surface area is 182 Å². The second-order valence-electron chi connectivity index (χ2n) is 7.47. The number of para-hydroxylation sites is 1. The number of amides is 1. The summed E-state index contributed by atoms with van der Waals surface area (Å²) in [5.74, 6) is 0.927. The molecule has 0 unspecified atom stereocenters. The molecule has 0 aliphatic carbocycles. The molecular formula is C26H25N3O2. The van der Waals surface area contributed by atoms with Gasteiger partial charge in [0.05, 0.1) is 0 Å². The number of hydrogen-bond acceptors (Lipinski definition) is 4. The molecule has 1 heterocycles. The largest absolute Gasteiger partial charge is 0.339 e. The van der Waals surface area contributed by atoms with Gasteiger partial charge >= 0.3 is 0 Å². The van der Waals surface area contributed by atoms with E-state index in [9.17, 15) is 4.79 Å².